The van der Waals surface area contributed by atoms with E-state index >= 15 is 0 Å². The number of ether oxygens (including phenoxy) is 2. The van der Waals surface area contributed by atoms with Crippen molar-refractivity contribution in [3.63, 3.8) is 0 Å². The van der Waals surface area contributed by atoms with Crippen molar-refractivity contribution in [2.24, 2.45) is 0 Å². The molecule has 0 radical (unpaired) electrons. The van der Waals surface area contributed by atoms with Crippen LogP contribution in [0.1, 0.15) is 17.2 Å². The number of fused-ring (bicyclic) bond motifs is 1. The highest BCUT2D eigenvalue weighted by Gasteiger charge is 2.22. The number of aliphatic hydroxyl groups excluding tert-OH is 1. The summed E-state index contributed by atoms with van der Waals surface area (Å²) in [6.45, 7) is 0.801. The van der Waals surface area contributed by atoms with E-state index in [2.05, 4.69) is 0 Å². The molecule has 0 saturated carbocycles. The lowest BCUT2D eigenvalue weighted by atomic mass is 10.00. The third kappa shape index (κ3) is 2.32. The van der Waals surface area contributed by atoms with Crippen molar-refractivity contribution in [1.29, 1.82) is 0 Å². The van der Waals surface area contributed by atoms with Gasteiger partial charge in [-0.1, -0.05) is 12.1 Å². The molecule has 20 heavy (non-hydrogen) atoms. The van der Waals surface area contributed by atoms with Gasteiger partial charge in [0.1, 0.15) is 31.0 Å². The number of halogens is 2. The number of rotatable bonds is 2. The van der Waals surface area contributed by atoms with E-state index in [1.165, 1.54) is 0 Å². The molecule has 104 valence electrons. The number of benzene rings is 2. The van der Waals surface area contributed by atoms with Gasteiger partial charge in [0.25, 0.3) is 0 Å². The second kappa shape index (κ2) is 5.09. The fourth-order valence-electron chi connectivity index (χ4n) is 2.22. The SMILES string of the molecule is OC(c1cc(F)cc(F)c1)c1cccc2c1OCCO2. The summed E-state index contributed by atoms with van der Waals surface area (Å²) < 4.78 is 37.4. The fourth-order valence-corrected chi connectivity index (χ4v) is 2.22. The molecule has 0 fully saturated rings. The van der Waals surface area contributed by atoms with Crippen LogP contribution in [-0.2, 0) is 0 Å². The Morgan fingerprint density at radius 2 is 1.70 bits per heavy atom. The average Bonchev–Trinajstić information content (AvgIpc) is 2.45. The van der Waals surface area contributed by atoms with E-state index < -0.39 is 17.7 Å². The maximum atomic E-state index is 13.2. The molecule has 0 aromatic heterocycles. The molecule has 0 amide bonds. The van der Waals surface area contributed by atoms with Gasteiger partial charge in [0.05, 0.1) is 0 Å². The maximum absolute atomic E-state index is 13.2. The van der Waals surface area contributed by atoms with Crippen molar-refractivity contribution >= 4 is 0 Å². The Hall–Kier alpha value is -2.14. The van der Waals surface area contributed by atoms with Crippen LogP contribution in [0.4, 0.5) is 8.78 Å². The predicted molar refractivity (Wildman–Crippen MR) is 67.9 cm³/mol. The Balaban J connectivity index is 2.04. The molecule has 1 atom stereocenters. The lowest BCUT2D eigenvalue weighted by molar-refractivity contribution is 0.158. The summed E-state index contributed by atoms with van der Waals surface area (Å²) in [7, 11) is 0. The summed E-state index contributed by atoms with van der Waals surface area (Å²) in [5.74, 6) is -0.539. The molecule has 0 saturated heterocycles. The Labute approximate surface area is 114 Å². The highest BCUT2D eigenvalue weighted by Crippen LogP contribution is 2.39. The van der Waals surface area contributed by atoms with Crippen LogP contribution in [-0.4, -0.2) is 18.3 Å². The first kappa shape index (κ1) is 12.9. The van der Waals surface area contributed by atoms with Gasteiger partial charge in [-0.15, -0.1) is 0 Å². The molecule has 0 spiro atoms. The summed E-state index contributed by atoms with van der Waals surface area (Å²) in [5, 5.41) is 10.3. The average molecular weight is 278 g/mol. The fraction of sp³-hybridized carbons (Fsp3) is 0.200. The van der Waals surface area contributed by atoms with E-state index in [-0.39, 0.29) is 5.56 Å². The first-order valence-electron chi connectivity index (χ1n) is 6.18. The summed E-state index contributed by atoms with van der Waals surface area (Å²) in [6, 6.07) is 8.00. The van der Waals surface area contributed by atoms with E-state index in [1.807, 2.05) is 0 Å². The van der Waals surface area contributed by atoms with Gasteiger partial charge in [-0.2, -0.15) is 0 Å². The van der Waals surface area contributed by atoms with Gasteiger partial charge in [-0.3, -0.25) is 0 Å². The number of hydrogen-bond donors (Lipinski definition) is 1. The molecular weight excluding hydrogens is 266 g/mol. The first-order valence-corrected chi connectivity index (χ1v) is 6.18. The van der Waals surface area contributed by atoms with E-state index in [9.17, 15) is 13.9 Å². The van der Waals surface area contributed by atoms with E-state index in [1.54, 1.807) is 18.2 Å². The summed E-state index contributed by atoms with van der Waals surface area (Å²) >= 11 is 0. The summed E-state index contributed by atoms with van der Waals surface area (Å²) in [5.41, 5.74) is 0.553. The standard InChI is InChI=1S/C15H12F2O3/c16-10-6-9(7-11(17)8-10)14(18)12-2-1-3-13-15(12)20-5-4-19-13/h1-3,6-8,14,18H,4-5H2. The molecule has 1 heterocycles. The molecule has 2 aromatic carbocycles. The lowest BCUT2D eigenvalue weighted by Crippen LogP contribution is -2.17. The summed E-state index contributed by atoms with van der Waals surface area (Å²) in [6.07, 6.45) is -1.18. The number of hydrogen-bond acceptors (Lipinski definition) is 3. The maximum Gasteiger partial charge on any atom is 0.167 e. The van der Waals surface area contributed by atoms with Crippen LogP contribution in [0.3, 0.4) is 0 Å². The van der Waals surface area contributed by atoms with Crippen molar-refractivity contribution in [1.82, 2.24) is 0 Å². The van der Waals surface area contributed by atoms with Gasteiger partial charge < -0.3 is 14.6 Å². The topological polar surface area (TPSA) is 38.7 Å². The molecule has 1 N–H and O–H groups in total. The minimum absolute atomic E-state index is 0.130. The molecule has 1 aliphatic rings. The van der Waals surface area contributed by atoms with Crippen molar-refractivity contribution in [2.45, 2.75) is 6.10 Å². The Kier molecular flexibility index (Phi) is 3.28. The monoisotopic (exact) mass is 278 g/mol. The normalized spacial score (nSPS) is 14.9. The van der Waals surface area contributed by atoms with E-state index in [0.717, 1.165) is 18.2 Å². The van der Waals surface area contributed by atoms with Gasteiger partial charge >= 0.3 is 0 Å². The smallest absolute Gasteiger partial charge is 0.167 e. The molecule has 2 aromatic rings. The summed E-state index contributed by atoms with van der Waals surface area (Å²) in [4.78, 5) is 0. The first-order chi connectivity index (χ1) is 9.65. The highest BCUT2D eigenvalue weighted by atomic mass is 19.1. The van der Waals surface area contributed by atoms with E-state index in [4.69, 9.17) is 9.47 Å². The Bertz CT molecular complexity index is 623. The van der Waals surface area contributed by atoms with Gasteiger partial charge in [0.15, 0.2) is 11.5 Å². The molecule has 1 aliphatic heterocycles. The van der Waals surface area contributed by atoms with Gasteiger partial charge in [-0.25, -0.2) is 8.78 Å². The van der Waals surface area contributed by atoms with Crippen LogP contribution >= 0.6 is 0 Å². The van der Waals surface area contributed by atoms with Crippen LogP contribution in [0.5, 0.6) is 11.5 Å². The second-order valence-corrected chi connectivity index (χ2v) is 4.48. The van der Waals surface area contributed by atoms with Crippen molar-refractivity contribution in [2.75, 3.05) is 13.2 Å². The zero-order valence-corrected chi connectivity index (χ0v) is 10.5. The predicted octanol–water partition coefficient (Wildman–Crippen LogP) is 2.82. The lowest BCUT2D eigenvalue weighted by Gasteiger charge is -2.23. The minimum atomic E-state index is -1.18. The molecule has 5 heteroatoms. The minimum Gasteiger partial charge on any atom is -0.486 e. The van der Waals surface area contributed by atoms with Crippen molar-refractivity contribution in [3.8, 4) is 11.5 Å². The largest absolute Gasteiger partial charge is 0.486 e. The van der Waals surface area contributed by atoms with Crippen molar-refractivity contribution in [3.05, 3.63) is 59.2 Å². The van der Waals surface area contributed by atoms with Crippen molar-refractivity contribution < 1.29 is 23.4 Å². The molecular formula is C15H12F2O3. The highest BCUT2D eigenvalue weighted by molar-refractivity contribution is 5.50. The zero-order valence-electron chi connectivity index (χ0n) is 10.5. The number of para-hydroxylation sites is 1. The third-order valence-electron chi connectivity index (χ3n) is 3.09. The quantitative estimate of drug-likeness (QED) is 0.918. The molecule has 3 rings (SSSR count). The Morgan fingerprint density at radius 3 is 2.45 bits per heavy atom. The molecule has 0 bridgehead atoms. The molecule has 1 unspecified atom stereocenters. The number of aliphatic hydroxyl groups is 1. The van der Waals surface area contributed by atoms with Gasteiger partial charge in [0.2, 0.25) is 0 Å². The van der Waals surface area contributed by atoms with Gasteiger partial charge in [0, 0.05) is 11.6 Å². The van der Waals surface area contributed by atoms with Crippen LogP contribution in [0.25, 0.3) is 0 Å². The molecule has 0 aliphatic carbocycles. The van der Waals surface area contributed by atoms with Crippen LogP contribution in [0.2, 0.25) is 0 Å². The second-order valence-electron chi connectivity index (χ2n) is 4.48. The third-order valence-corrected chi connectivity index (χ3v) is 3.09. The van der Waals surface area contributed by atoms with E-state index in [0.29, 0.717) is 30.3 Å². The molecule has 3 nitrogen and oxygen atoms in total. The zero-order chi connectivity index (χ0) is 14.1. The van der Waals surface area contributed by atoms with Crippen LogP contribution in [0.15, 0.2) is 36.4 Å². The van der Waals surface area contributed by atoms with Crippen LogP contribution in [0, 0.1) is 11.6 Å². The van der Waals surface area contributed by atoms with Gasteiger partial charge in [-0.05, 0) is 23.8 Å². The van der Waals surface area contributed by atoms with Crippen LogP contribution < -0.4 is 9.47 Å². The Morgan fingerprint density at radius 1 is 1.00 bits per heavy atom.